The highest BCUT2D eigenvalue weighted by Gasteiger charge is 2.28. The minimum Gasteiger partial charge on any atom is -0.329 e. The number of hydrogen-bond acceptors (Lipinski definition) is 3. The van der Waals surface area contributed by atoms with Crippen LogP contribution in [0.15, 0.2) is 23.1 Å². The molecule has 0 radical (unpaired) electrons. The van der Waals surface area contributed by atoms with Crippen molar-refractivity contribution >= 4 is 22.4 Å². The lowest BCUT2D eigenvalue weighted by Crippen LogP contribution is -2.44. The van der Waals surface area contributed by atoms with Gasteiger partial charge in [0.25, 0.3) is 0 Å². The van der Waals surface area contributed by atoms with Gasteiger partial charge in [-0.3, -0.25) is 0 Å². The van der Waals surface area contributed by atoms with Crippen LogP contribution in [0.5, 0.6) is 0 Å². The summed E-state index contributed by atoms with van der Waals surface area (Å²) in [5.41, 5.74) is 5.62. The first-order chi connectivity index (χ1) is 9.42. The fourth-order valence-corrected chi connectivity index (χ4v) is 4.01. The molecule has 2 rings (SSSR count). The molecular formula is C13H19ClF2N2O2S. The highest BCUT2D eigenvalue weighted by atomic mass is 35.5. The molecule has 1 atom stereocenters. The molecule has 1 unspecified atom stereocenters. The second kappa shape index (κ2) is 7.49. The molecule has 1 aromatic rings. The van der Waals surface area contributed by atoms with Crippen molar-refractivity contribution in [2.75, 3.05) is 6.54 Å². The quantitative estimate of drug-likeness (QED) is 0.863. The lowest BCUT2D eigenvalue weighted by Gasteiger charge is -2.23. The first kappa shape index (κ1) is 18.3. The Kier molecular flexibility index (Phi) is 6.52. The van der Waals surface area contributed by atoms with Gasteiger partial charge in [-0.2, -0.15) is 0 Å². The van der Waals surface area contributed by atoms with Crippen molar-refractivity contribution in [1.82, 2.24) is 4.72 Å². The summed E-state index contributed by atoms with van der Waals surface area (Å²) in [4.78, 5) is -0.411. The highest BCUT2D eigenvalue weighted by molar-refractivity contribution is 7.89. The summed E-state index contributed by atoms with van der Waals surface area (Å²) in [6.07, 6.45) is 3.94. The molecule has 0 aromatic heterocycles. The molecule has 1 fully saturated rings. The van der Waals surface area contributed by atoms with Crippen molar-refractivity contribution in [2.24, 2.45) is 11.7 Å². The van der Waals surface area contributed by atoms with E-state index in [9.17, 15) is 17.2 Å². The van der Waals surface area contributed by atoms with Gasteiger partial charge in [-0.1, -0.05) is 12.8 Å². The van der Waals surface area contributed by atoms with E-state index in [1.54, 1.807) is 0 Å². The summed E-state index contributed by atoms with van der Waals surface area (Å²) < 4.78 is 53.0. The van der Waals surface area contributed by atoms with Gasteiger partial charge in [-0.05, 0) is 30.9 Å². The highest BCUT2D eigenvalue weighted by Crippen LogP contribution is 2.28. The number of sulfonamides is 1. The van der Waals surface area contributed by atoms with Crippen molar-refractivity contribution in [2.45, 2.75) is 36.6 Å². The van der Waals surface area contributed by atoms with Gasteiger partial charge in [-0.15, -0.1) is 12.4 Å². The van der Waals surface area contributed by atoms with Gasteiger partial charge >= 0.3 is 0 Å². The number of rotatable bonds is 5. The molecule has 120 valence electrons. The zero-order valence-corrected chi connectivity index (χ0v) is 13.0. The third kappa shape index (κ3) is 4.60. The average Bonchev–Trinajstić information content (AvgIpc) is 2.88. The van der Waals surface area contributed by atoms with E-state index in [1.807, 2.05) is 0 Å². The topological polar surface area (TPSA) is 72.2 Å². The van der Waals surface area contributed by atoms with Crippen LogP contribution in [0.25, 0.3) is 0 Å². The molecule has 0 bridgehead atoms. The lowest BCUT2D eigenvalue weighted by atomic mass is 9.99. The maximum absolute atomic E-state index is 13.1. The van der Waals surface area contributed by atoms with Crippen LogP contribution in [-0.2, 0) is 10.0 Å². The van der Waals surface area contributed by atoms with Crippen LogP contribution in [-0.4, -0.2) is 21.0 Å². The van der Waals surface area contributed by atoms with Crippen LogP contribution >= 0.6 is 12.4 Å². The van der Waals surface area contributed by atoms with Gasteiger partial charge in [0.05, 0.1) is 4.90 Å². The predicted octanol–water partition coefficient (Wildman–Crippen LogP) is 2.18. The molecule has 0 spiro atoms. The Labute approximate surface area is 129 Å². The summed E-state index contributed by atoms with van der Waals surface area (Å²) in [5, 5.41) is 0. The van der Waals surface area contributed by atoms with Crippen LogP contribution in [0.1, 0.15) is 25.7 Å². The van der Waals surface area contributed by atoms with E-state index in [0.717, 1.165) is 37.8 Å². The molecule has 1 aromatic carbocycles. The zero-order valence-electron chi connectivity index (χ0n) is 11.4. The van der Waals surface area contributed by atoms with Gasteiger partial charge in [0.2, 0.25) is 10.0 Å². The molecule has 1 saturated carbocycles. The van der Waals surface area contributed by atoms with Crippen molar-refractivity contribution in [1.29, 1.82) is 0 Å². The van der Waals surface area contributed by atoms with E-state index >= 15 is 0 Å². The average molecular weight is 341 g/mol. The van der Waals surface area contributed by atoms with Crippen molar-refractivity contribution in [3.63, 3.8) is 0 Å². The molecule has 0 aliphatic heterocycles. The summed E-state index contributed by atoms with van der Waals surface area (Å²) in [6, 6.07) is 1.84. The van der Waals surface area contributed by atoms with Crippen LogP contribution in [0.3, 0.4) is 0 Å². The predicted molar refractivity (Wildman–Crippen MR) is 78.7 cm³/mol. The van der Waals surface area contributed by atoms with Gasteiger partial charge in [0.15, 0.2) is 0 Å². The molecule has 0 amide bonds. The van der Waals surface area contributed by atoms with E-state index in [-0.39, 0.29) is 24.9 Å². The summed E-state index contributed by atoms with van der Waals surface area (Å²) in [5.74, 6) is -1.65. The Morgan fingerprint density at radius 1 is 1.19 bits per heavy atom. The SMILES string of the molecule is Cl.NCC(NS(=O)(=O)c1cc(F)cc(F)c1)C1CCCC1. The molecular weight excluding hydrogens is 322 g/mol. The first-order valence-electron chi connectivity index (χ1n) is 6.61. The van der Waals surface area contributed by atoms with Gasteiger partial charge in [0.1, 0.15) is 11.6 Å². The molecule has 8 heteroatoms. The molecule has 21 heavy (non-hydrogen) atoms. The monoisotopic (exact) mass is 340 g/mol. The number of hydrogen-bond donors (Lipinski definition) is 2. The van der Waals surface area contributed by atoms with E-state index in [0.29, 0.717) is 6.07 Å². The second-order valence-electron chi connectivity index (χ2n) is 5.11. The van der Waals surface area contributed by atoms with Crippen LogP contribution in [0.4, 0.5) is 8.78 Å². The fourth-order valence-electron chi connectivity index (χ4n) is 2.65. The van der Waals surface area contributed by atoms with Gasteiger partial charge < -0.3 is 5.73 Å². The minimum atomic E-state index is -3.96. The van der Waals surface area contributed by atoms with Crippen LogP contribution in [0.2, 0.25) is 0 Å². The molecule has 1 aliphatic rings. The summed E-state index contributed by atoms with van der Waals surface area (Å²) in [6.45, 7) is 0.168. The standard InChI is InChI=1S/C13H18F2N2O2S.ClH/c14-10-5-11(15)7-12(6-10)20(18,19)17-13(8-16)9-3-1-2-4-9;/h5-7,9,13,17H,1-4,8,16H2;1H. The number of nitrogens with one attached hydrogen (secondary N) is 1. The number of nitrogens with two attached hydrogens (primary N) is 1. The maximum Gasteiger partial charge on any atom is 0.241 e. The number of benzene rings is 1. The summed E-state index contributed by atoms with van der Waals surface area (Å²) in [7, 11) is -3.96. The zero-order chi connectivity index (χ0) is 14.8. The minimum absolute atomic E-state index is 0. The van der Waals surface area contributed by atoms with Crippen molar-refractivity contribution in [3.05, 3.63) is 29.8 Å². The van der Waals surface area contributed by atoms with E-state index < -0.39 is 32.6 Å². The second-order valence-corrected chi connectivity index (χ2v) is 6.83. The first-order valence-corrected chi connectivity index (χ1v) is 8.09. The van der Waals surface area contributed by atoms with Gasteiger partial charge in [-0.25, -0.2) is 21.9 Å². The van der Waals surface area contributed by atoms with Crippen molar-refractivity contribution < 1.29 is 17.2 Å². The Balaban J connectivity index is 0.00000220. The summed E-state index contributed by atoms with van der Waals surface area (Å²) >= 11 is 0. The maximum atomic E-state index is 13.1. The lowest BCUT2D eigenvalue weighted by molar-refractivity contribution is 0.405. The molecule has 1 aliphatic carbocycles. The van der Waals surface area contributed by atoms with Crippen LogP contribution < -0.4 is 10.5 Å². The molecule has 0 heterocycles. The Morgan fingerprint density at radius 2 is 1.71 bits per heavy atom. The van der Waals surface area contributed by atoms with Gasteiger partial charge in [0, 0.05) is 18.7 Å². The molecule has 4 nitrogen and oxygen atoms in total. The van der Waals surface area contributed by atoms with E-state index in [2.05, 4.69) is 4.72 Å². The molecule has 0 saturated heterocycles. The smallest absolute Gasteiger partial charge is 0.241 e. The normalized spacial score (nSPS) is 17.5. The largest absolute Gasteiger partial charge is 0.329 e. The van der Waals surface area contributed by atoms with Crippen molar-refractivity contribution in [3.8, 4) is 0 Å². The Hall–Kier alpha value is -0.760. The Bertz CT molecular complexity index is 557. The fraction of sp³-hybridized carbons (Fsp3) is 0.538. The number of halogens is 3. The van der Waals surface area contributed by atoms with E-state index in [1.165, 1.54) is 0 Å². The van der Waals surface area contributed by atoms with Crippen LogP contribution in [0, 0.1) is 17.6 Å². The third-order valence-electron chi connectivity index (χ3n) is 3.68. The third-order valence-corrected chi connectivity index (χ3v) is 5.15. The Morgan fingerprint density at radius 3 is 2.19 bits per heavy atom. The van der Waals surface area contributed by atoms with E-state index in [4.69, 9.17) is 5.73 Å². The molecule has 3 N–H and O–H groups in total.